The van der Waals surface area contributed by atoms with Crippen molar-refractivity contribution >= 4 is 17.3 Å². The molecule has 0 saturated carbocycles. The smallest absolute Gasteiger partial charge is 0.367 e. The molecule has 0 aliphatic rings. The quantitative estimate of drug-likeness (QED) is 0.409. The summed E-state index contributed by atoms with van der Waals surface area (Å²) < 4.78 is 40.8. The third-order valence-electron chi connectivity index (χ3n) is 4.36. The van der Waals surface area contributed by atoms with E-state index in [1.807, 2.05) is 0 Å². The summed E-state index contributed by atoms with van der Waals surface area (Å²) in [7, 11) is 1.23. The molecule has 0 fully saturated rings. The molecule has 0 amide bonds. The first-order chi connectivity index (χ1) is 15.4. The van der Waals surface area contributed by atoms with Crippen molar-refractivity contribution in [3.8, 4) is 16.5 Å². The van der Waals surface area contributed by atoms with Crippen molar-refractivity contribution in [1.29, 1.82) is 0 Å². The number of nitrogens with zero attached hydrogens (tertiary/aromatic N) is 5. The predicted octanol–water partition coefficient (Wildman–Crippen LogP) is 3.10. The van der Waals surface area contributed by atoms with Crippen LogP contribution in [0, 0.1) is 18.6 Å². The number of methoxy groups -OCH3 is 1. The van der Waals surface area contributed by atoms with Crippen LogP contribution in [-0.4, -0.2) is 37.4 Å². The van der Waals surface area contributed by atoms with Crippen molar-refractivity contribution in [1.82, 2.24) is 24.3 Å². The van der Waals surface area contributed by atoms with Gasteiger partial charge in [0.05, 0.1) is 30.7 Å². The highest BCUT2D eigenvalue weighted by molar-refractivity contribution is 7.15. The number of thiazole rings is 1. The number of rotatable bonds is 6. The Morgan fingerprint density at radius 3 is 2.75 bits per heavy atom. The highest BCUT2D eigenvalue weighted by Crippen LogP contribution is 2.33. The first kappa shape index (κ1) is 21.3. The van der Waals surface area contributed by atoms with Crippen LogP contribution >= 0.6 is 11.3 Å². The van der Waals surface area contributed by atoms with Gasteiger partial charge in [0, 0.05) is 12.3 Å². The summed E-state index contributed by atoms with van der Waals surface area (Å²) in [5.74, 6) is -2.05. The van der Waals surface area contributed by atoms with Gasteiger partial charge in [0.2, 0.25) is 10.1 Å². The molecule has 4 rings (SSSR count). The van der Waals surface area contributed by atoms with Gasteiger partial charge in [-0.25, -0.2) is 23.4 Å². The molecule has 3 aromatic heterocycles. The van der Waals surface area contributed by atoms with E-state index < -0.39 is 23.3 Å². The molecule has 164 valence electrons. The van der Waals surface area contributed by atoms with Crippen molar-refractivity contribution in [2.75, 3.05) is 7.11 Å². The van der Waals surface area contributed by atoms with E-state index in [0.717, 1.165) is 26.7 Å². The lowest BCUT2D eigenvalue weighted by molar-refractivity contribution is 0.0600. The maximum atomic E-state index is 14.7. The molecule has 0 N–H and O–H groups in total. The van der Waals surface area contributed by atoms with Crippen molar-refractivity contribution in [2.24, 2.45) is 0 Å². The summed E-state index contributed by atoms with van der Waals surface area (Å²) in [6.45, 7) is 1.49. The molecule has 0 radical (unpaired) electrons. The number of aryl methyl sites for hydroxylation is 1. The number of esters is 1. The normalized spacial score (nSPS) is 10.9. The van der Waals surface area contributed by atoms with E-state index in [9.17, 15) is 18.4 Å². The molecule has 4 aromatic rings. The van der Waals surface area contributed by atoms with Crippen molar-refractivity contribution in [3.63, 3.8) is 0 Å². The molecule has 0 spiro atoms. The first-order valence-electron chi connectivity index (χ1n) is 9.14. The van der Waals surface area contributed by atoms with Gasteiger partial charge in [-0.3, -0.25) is 9.55 Å². The Kier molecular flexibility index (Phi) is 5.77. The highest BCUT2D eigenvalue weighted by atomic mass is 32.1. The Hall–Kier alpha value is -3.93. The second-order valence-corrected chi connectivity index (χ2v) is 7.45. The molecule has 0 atom stereocenters. The van der Waals surface area contributed by atoms with Gasteiger partial charge in [0.1, 0.15) is 12.1 Å². The van der Waals surface area contributed by atoms with Crippen molar-refractivity contribution < 1.29 is 23.0 Å². The second-order valence-electron chi connectivity index (χ2n) is 6.49. The van der Waals surface area contributed by atoms with Crippen LogP contribution in [-0.2, 0) is 11.3 Å². The van der Waals surface area contributed by atoms with Gasteiger partial charge in [-0.15, -0.1) is 0 Å². The van der Waals surface area contributed by atoms with Crippen LogP contribution in [0.25, 0.3) is 5.69 Å². The molecule has 1 aromatic carbocycles. The van der Waals surface area contributed by atoms with Crippen molar-refractivity contribution in [2.45, 2.75) is 13.5 Å². The first-order valence-corrected chi connectivity index (χ1v) is 9.96. The Morgan fingerprint density at radius 2 is 2.03 bits per heavy atom. The van der Waals surface area contributed by atoms with Crippen LogP contribution < -0.4 is 10.4 Å². The number of hydrogen-bond donors (Lipinski definition) is 0. The molecule has 0 aliphatic carbocycles. The molecule has 32 heavy (non-hydrogen) atoms. The molecule has 0 aliphatic heterocycles. The number of pyridine rings is 1. The van der Waals surface area contributed by atoms with Gasteiger partial charge in [-0.05, 0) is 31.2 Å². The fraction of sp³-hybridized carbons (Fsp3) is 0.150. The summed E-state index contributed by atoms with van der Waals surface area (Å²) >= 11 is 0.922. The molecule has 0 unspecified atom stereocenters. The van der Waals surface area contributed by atoms with Crippen LogP contribution in [0.3, 0.4) is 0 Å². The number of benzene rings is 1. The van der Waals surface area contributed by atoms with Gasteiger partial charge < -0.3 is 9.47 Å². The minimum atomic E-state index is -0.757. The maximum absolute atomic E-state index is 14.7. The Morgan fingerprint density at radius 1 is 1.22 bits per heavy atom. The Balaban J connectivity index is 1.57. The largest absolute Gasteiger partial charge is 0.464 e. The number of carbonyl (C=O) groups excluding carboxylic acids is 1. The fourth-order valence-corrected chi connectivity index (χ4v) is 3.62. The third kappa shape index (κ3) is 4.12. The predicted molar refractivity (Wildman–Crippen MR) is 109 cm³/mol. The SMILES string of the molecule is COC(=O)c1nc(C)c(Oc2ccc(-n3ncn(Cc4ncccc4F)c3=O)cc2F)s1. The minimum absolute atomic E-state index is 0.0790. The number of hydrogen-bond acceptors (Lipinski definition) is 8. The maximum Gasteiger partial charge on any atom is 0.367 e. The number of ether oxygens (including phenoxy) is 2. The van der Waals surface area contributed by atoms with E-state index in [2.05, 4.69) is 19.8 Å². The molecule has 0 saturated heterocycles. The zero-order valence-corrected chi connectivity index (χ0v) is 17.6. The average Bonchev–Trinajstić information content (AvgIpc) is 3.33. The van der Waals surface area contributed by atoms with Crippen LogP contribution in [0.1, 0.15) is 21.2 Å². The standard InChI is InChI=1S/C20H15F2N5O4S/c1-11-19(32-17(25-11)18(28)30-2)31-16-6-5-12(8-14(16)22)27-20(29)26(10-24-27)9-15-13(21)4-3-7-23-15/h3-8,10H,9H2,1-2H3. The van der Waals surface area contributed by atoms with E-state index >= 15 is 0 Å². The molecule has 12 heteroatoms. The topological polar surface area (TPSA) is 101 Å². The molecular weight excluding hydrogens is 444 g/mol. The number of carbonyl (C=O) groups is 1. The zero-order chi connectivity index (χ0) is 22.8. The van der Waals surface area contributed by atoms with Gasteiger partial charge in [-0.2, -0.15) is 9.78 Å². The van der Waals surface area contributed by atoms with E-state index in [1.165, 1.54) is 43.9 Å². The lowest BCUT2D eigenvalue weighted by Crippen LogP contribution is -2.24. The summed E-state index contributed by atoms with van der Waals surface area (Å²) in [6.07, 6.45) is 2.63. The van der Waals surface area contributed by atoms with Crippen LogP contribution in [0.5, 0.6) is 10.8 Å². The Bertz CT molecular complexity index is 1360. The summed E-state index contributed by atoms with van der Waals surface area (Å²) in [4.78, 5) is 32.2. The third-order valence-corrected chi connectivity index (χ3v) is 5.38. The highest BCUT2D eigenvalue weighted by Gasteiger charge is 2.18. The molecule has 0 bridgehead atoms. The minimum Gasteiger partial charge on any atom is -0.464 e. The Labute approximate surface area is 183 Å². The number of aromatic nitrogens is 5. The van der Waals surface area contributed by atoms with E-state index in [1.54, 1.807) is 6.92 Å². The lowest BCUT2D eigenvalue weighted by atomic mass is 10.3. The van der Waals surface area contributed by atoms with Gasteiger partial charge >= 0.3 is 11.7 Å². The lowest BCUT2D eigenvalue weighted by Gasteiger charge is -2.07. The monoisotopic (exact) mass is 459 g/mol. The van der Waals surface area contributed by atoms with Crippen LogP contribution in [0.2, 0.25) is 0 Å². The second kappa shape index (κ2) is 8.67. The molecule has 3 heterocycles. The summed E-state index contributed by atoms with van der Waals surface area (Å²) in [5.41, 5.74) is 0.0337. The van der Waals surface area contributed by atoms with Gasteiger partial charge in [-0.1, -0.05) is 11.3 Å². The summed E-state index contributed by atoms with van der Waals surface area (Å²) in [5, 5.41) is 4.28. The molecular formula is C20H15F2N5O4S. The van der Waals surface area contributed by atoms with E-state index in [0.29, 0.717) is 5.69 Å². The van der Waals surface area contributed by atoms with Crippen LogP contribution in [0.4, 0.5) is 8.78 Å². The van der Waals surface area contributed by atoms with E-state index in [-0.39, 0.29) is 33.7 Å². The fourth-order valence-electron chi connectivity index (χ4n) is 2.77. The van der Waals surface area contributed by atoms with E-state index in [4.69, 9.17) is 4.74 Å². The zero-order valence-electron chi connectivity index (χ0n) is 16.8. The van der Waals surface area contributed by atoms with Gasteiger partial charge in [0.25, 0.3) is 0 Å². The average molecular weight is 459 g/mol. The summed E-state index contributed by atoms with van der Waals surface area (Å²) in [6, 6.07) is 6.53. The molecule has 9 nitrogen and oxygen atoms in total. The van der Waals surface area contributed by atoms with Crippen LogP contribution in [0.15, 0.2) is 47.7 Å². The van der Waals surface area contributed by atoms with Crippen molar-refractivity contribution in [3.05, 3.63) is 81.4 Å². The number of halogens is 2. The van der Waals surface area contributed by atoms with Gasteiger partial charge in [0.15, 0.2) is 11.6 Å².